The van der Waals surface area contributed by atoms with Crippen molar-refractivity contribution in [3.05, 3.63) is 95.3 Å². The van der Waals surface area contributed by atoms with Crippen LogP contribution < -0.4 is 14.9 Å². The van der Waals surface area contributed by atoms with Crippen LogP contribution in [0.2, 0.25) is 0 Å². The van der Waals surface area contributed by atoms with Crippen molar-refractivity contribution in [2.24, 2.45) is 10.5 Å². The van der Waals surface area contributed by atoms with Gasteiger partial charge in [-0.05, 0) is 70.8 Å². The average molecular weight is 505 g/mol. The van der Waals surface area contributed by atoms with E-state index >= 15 is 0 Å². The van der Waals surface area contributed by atoms with Gasteiger partial charge in [-0.1, -0.05) is 65.0 Å². The molecule has 6 nitrogen and oxygen atoms in total. The van der Waals surface area contributed by atoms with E-state index in [1.807, 2.05) is 24.3 Å². The minimum absolute atomic E-state index is 0.0258. The molecule has 0 saturated heterocycles. The molecule has 0 aromatic heterocycles. The first-order valence-corrected chi connectivity index (χ1v) is 12.0. The third-order valence-electron chi connectivity index (χ3n) is 5.51. The molecule has 0 bridgehead atoms. The summed E-state index contributed by atoms with van der Waals surface area (Å²) in [4.78, 5) is 24.3. The molecule has 0 aliphatic heterocycles. The van der Waals surface area contributed by atoms with Crippen molar-refractivity contribution >= 4 is 18.1 Å². The molecular weight excluding hydrogens is 471 g/mol. The summed E-state index contributed by atoms with van der Waals surface area (Å²) < 4.78 is 24.2. The van der Waals surface area contributed by atoms with E-state index in [9.17, 15) is 14.0 Å². The van der Waals surface area contributed by atoms with Crippen LogP contribution in [-0.2, 0) is 10.2 Å². The van der Waals surface area contributed by atoms with Gasteiger partial charge in [-0.25, -0.2) is 14.6 Å². The van der Waals surface area contributed by atoms with Crippen molar-refractivity contribution in [2.75, 3.05) is 6.61 Å². The van der Waals surface area contributed by atoms with E-state index in [0.717, 1.165) is 12.5 Å². The summed E-state index contributed by atoms with van der Waals surface area (Å²) in [6.07, 6.45) is 2.46. The van der Waals surface area contributed by atoms with Gasteiger partial charge in [0.2, 0.25) is 0 Å². The SMILES string of the molecule is CC(C)(C)CC(C)(C)c1ccc(OCC(=O)N/N=C/c2cccc(OC(=O)c3cccc(F)c3)c2)cc1. The highest BCUT2D eigenvalue weighted by Crippen LogP contribution is 2.36. The number of carbonyl (C=O) groups is 2. The lowest BCUT2D eigenvalue weighted by Gasteiger charge is -2.33. The fourth-order valence-electron chi connectivity index (χ4n) is 4.23. The summed E-state index contributed by atoms with van der Waals surface area (Å²) in [7, 11) is 0. The maximum absolute atomic E-state index is 13.3. The van der Waals surface area contributed by atoms with Gasteiger partial charge in [-0.15, -0.1) is 0 Å². The standard InChI is InChI=1S/C30H33FN2O4/c1-29(2,3)20-30(4,5)23-12-14-25(15-13-23)36-19-27(34)33-32-18-21-8-6-11-26(16-21)37-28(35)22-9-7-10-24(31)17-22/h6-18H,19-20H2,1-5H3,(H,33,34)/b32-18+. The number of hydrogen-bond donors (Lipinski definition) is 1. The summed E-state index contributed by atoms with van der Waals surface area (Å²) in [5, 5.41) is 3.93. The van der Waals surface area contributed by atoms with Crippen molar-refractivity contribution < 1.29 is 23.5 Å². The number of hydrogen-bond acceptors (Lipinski definition) is 5. The Morgan fingerprint density at radius 3 is 2.30 bits per heavy atom. The molecule has 0 unspecified atom stereocenters. The highest BCUT2D eigenvalue weighted by atomic mass is 19.1. The fraction of sp³-hybridized carbons (Fsp3) is 0.300. The van der Waals surface area contributed by atoms with Crippen LogP contribution in [0.5, 0.6) is 11.5 Å². The molecule has 3 aromatic carbocycles. The number of esters is 1. The maximum Gasteiger partial charge on any atom is 0.343 e. The summed E-state index contributed by atoms with van der Waals surface area (Å²) in [6.45, 7) is 11.0. The van der Waals surface area contributed by atoms with E-state index in [0.29, 0.717) is 11.3 Å². The molecule has 0 heterocycles. The molecule has 37 heavy (non-hydrogen) atoms. The van der Waals surface area contributed by atoms with Crippen molar-refractivity contribution in [1.82, 2.24) is 5.43 Å². The smallest absolute Gasteiger partial charge is 0.343 e. The van der Waals surface area contributed by atoms with Crippen LogP contribution in [-0.4, -0.2) is 24.7 Å². The molecule has 0 radical (unpaired) electrons. The number of rotatable bonds is 9. The molecule has 194 valence electrons. The number of carbonyl (C=O) groups excluding carboxylic acids is 2. The summed E-state index contributed by atoms with van der Waals surface area (Å²) >= 11 is 0. The molecular formula is C30H33FN2O4. The molecule has 0 aliphatic rings. The van der Waals surface area contributed by atoms with Gasteiger partial charge in [-0.3, -0.25) is 4.79 Å². The van der Waals surface area contributed by atoms with E-state index < -0.39 is 17.7 Å². The first kappa shape index (κ1) is 27.6. The number of amides is 1. The molecule has 1 N–H and O–H groups in total. The largest absolute Gasteiger partial charge is 0.484 e. The monoisotopic (exact) mass is 504 g/mol. The Labute approximate surface area is 217 Å². The second-order valence-corrected chi connectivity index (χ2v) is 10.7. The average Bonchev–Trinajstić information content (AvgIpc) is 2.82. The van der Waals surface area contributed by atoms with Crippen molar-refractivity contribution in [3.63, 3.8) is 0 Å². The predicted octanol–water partition coefficient (Wildman–Crippen LogP) is 6.29. The Bertz CT molecular complexity index is 1260. The lowest BCUT2D eigenvalue weighted by atomic mass is 9.72. The van der Waals surface area contributed by atoms with Gasteiger partial charge in [0.1, 0.15) is 17.3 Å². The third kappa shape index (κ3) is 8.86. The fourth-order valence-corrected chi connectivity index (χ4v) is 4.23. The van der Waals surface area contributed by atoms with Gasteiger partial charge in [0, 0.05) is 0 Å². The number of halogens is 1. The van der Waals surface area contributed by atoms with E-state index in [1.54, 1.807) is 24.3 Å². The van der Waals surface area contributed by atoms with Crippen LogP contribution in [0.4, 0.5) is 4.39 Å². The van der Waals surface area contributed by atoms with Crippen LogP contribution >= 0.6 is 0 Å². The zero-order valence-electron chi connectivity index (χ0n) is 21.9. The zero-order valence-corrected chi connectivity index (χ0v) is 21.9. The molecule has 7 heteroatoms. The van der Waals surface area contributed by atoms with E-state index in [-0.39, 0.29) is 28.7 Å². The minimum Gasteiger partial charge on any atom is -0.484 e. The van der Waals surface area contributed by atoms with Crippen LogP contribution in [0.3, 0.4) is 0 Å². The molecule has 1 amide bonds. The van der Waals surface area contributed by atoms with Gasteiger partial charge in [-0.2, -0.15) is 5.10 Å². The molecule has 0 spiro atoms. The quantitative estimate of drug-likeness (QED) is 0.161. The lowest BCUT2D eigenvalue weighted by Crippen LogP contribution is -2.25. The van der Waals surface area contributed by atoms with Gasteiger partial charge < -0.3 is 9.47 Å². The van der Waals surface area contributed by atoms with E-state index in [4.69, 9.17) is 9.47 Å². The third-order valence-corrected chi connectivity index (χ3v) is 5.51. The highest BCUT2D eigenvalue weighted by molar-refractivity contribution is 5.91. The number of nitrogens with one attached hydrogen (secondary N) is 1. The Hall–Kier alpha value is -4.00. The van der Waals surface area contributed by atoms with E-state index in [1.165, 1.54) is 30.0 Å². The first-order valence-electron chi connectivity index (χ1n) is 12.0. The second kappa shape index (κ2) is 11.8. The first-order chi connectivity index (χ1) is 17.4. The van der Waals surface area contributed by atoms with Gasteiger partial charge in [0.05, 0.1) is 11.8 Å². The summed E-state index contributed by atoms with van der Waals surface area (Å²) in [6, 6.07) is 19.6. The molecule has 3 aromatic rings. The number of hydrazone groups is 1. The summed E-state index contributed by atoms with van der Waals surface area (Å²) in [5.74, 6) is -0.747. The maximum atomic E-state index is 13.3. The Kier molecular flexibility index (Phi) is 8.81. The van der Waals surface area contributed by atoms with Crippen LogP contribution in [0.15, 0.2) is 77.9 Å². The van der Waals surface area contributed by atoms with Crippen LogP contribution in [0.1, 0.15) is 62.5 Å². The Balaban J connectivity index is 1.49. The van der Waals surface area contributed by atoms with Gasteiger partial charge >= 0.3 is 5.97 Å². The molecule has 0 atom stereocenters. The molecule has 0 aliphatic carbocycles. The minimum atomic E-state index is -0.676. The Morgan fingerprint density at radius 1 is 0.919 bits per heavy atom. The topological polar surface area (TPSA) is 77.0 Å². The molecule has 0 saturated carbocycles. The lowest BCUT2D eigenvalue weighted by molar-refractivity contribution is -0.123. The van der Waals surface area contributed by atoms with Crippen molar-refractivity contribution in [1.29, 1.82) is 0 Å². The predicted molar refractivity (Wildman–Crippen MR) is 143 cm³/mol. The second-order valence-electron chi connectivity index (χ2n) is 10.7. The van der Waals surface area contributed by atoms with Gasteiger partial charge in [0.25, 0.3) is 5.91 Å². The zero-order chi connectivity index (χ0) is 27.1. The molecule has 0 fully saturated rings. The van der Waals surface area contributed by atoms with E-state index in [2.05, 4.69) is 45.1 Å². The number of nitrogens with zero attached hydrogens (tertiary/aromatic N) is 1. The van der Waals surface area contributed by atoms with Crippen molar-refractivity contribution in [2.45, 2.75) is 46.5 Å². The molecule has 3 rings (SSSR count). The number of benzene rings is 3. The number of ether oxygens (including phenoxy) is 2. The Morgan fingerprint density at radius 2 is 1.62 bits per heavy atom. The normalized spacial score (nSPS) is 11.8. The van der Waals surface area contributed by atoms with Crippen molar-refractivity contribution in [3.8, 4) is 11.5 Å². The van der Waals surface area contributed by atoms with Crippen LogP contribution in [0, 0.1) is 11.2 Å². The van der Waals surface area contributed by atoms with Gasteiger partial charge in [0.15, 0.2) is 6.61 Å². The highest BCUT2D eigenvalue weighted by Gasteiger charge is 2.27. The summed E-state index contributed by atoms with van der Waals surface area (Å²) in [5.41, 5.74) is 4.57. The van der Waals surface area contributed by atoms with Crippen LogP contribution in [0.25, 0.3) is 0 Å².